The summed E-state index contributed by atoms with van der Waals surface area (Å²) in [6.45, 7) is 3.98. The summed E-state index contributed by atoms with van der Waals surface area (Å²) >= 11 is 0. The second-order valence-corrected chi connectivity index (χ2v) is 6.64. The molecule has 1 aliphatic carbocycles. The zero-order valence-corrected chi connectivity index (χ0v) is 11.6. The number of hydrogen-bond donors (Lipinski definition) is 1. The highest BCUT2D eigenvalue weighted by Gasteiger charge is 2.39. The fourth-order valence-electron chi connectivity index (χ4n) is 4.00. The van der Waals surface area contributed by atoms with Crippen molar-refractivity contribution in [3.8, 4) is 0 Å². The topological polar surface area (TPSA) is 15.3 Å². The molecule has 1 N–H and O–H groups in total. The first-order valence-electron chi connectivity index (χ1n) is 7.93. The molecule has 1 saturated carbocycles. The van der Waals surface area contributed by atoms with Gasteiger partial charge in [0.25, 0.3) is 0 Å². The molecule has 19 heavy (non-hydrogen) atoms. The maximum absolute atomic E-state index is 4.04. The van der Waals surface area contributed by atoms with Crippen molar-refractivity contribution in [1.29, 1.82) is 0 Å². The molecule has 0 aromatic heterocycles. The molecule has 2 bridgehead atoms. The minimum Gasteiger partial charge on any atom is -0.307 e. The van der Waals surface area contributed by atoms with Gasteiger partial charge >= 0.3 is 0 Å². The Morgan fingerprint density at radius 3 is 2.58 bits per heavy atom. The SMILES string of the molecule is c1ccc(C(NC2CCN3CCC2C3)C2CC2)cc1. The van der Waals surface area contributed by atoms with E-state index in [1.54, 1.807) is 0 Å². The Hall–Kier alpha value is -0.860. The first-order chi connectivity index (χ1) is 9.40. The Morgan fingerprint density at radius 1 is 1.00 bits per heavy atom. The summed E-state index contributed by atoms with van der Waals surface area (Å²) in [6.07, 6.45) is 5.58. The number of hydrogen-bond acceptors (Lipinski definition) is 2. The zero-order chi connectivity index (χ0) is 12.7. The fourth-order valence-corrected chi connectivity index (χ4v) is 4.00. The smallest absolute Gasteiger partial charge is 0.0351 e. The molecule has 2 heterocycles. The Balaban J connectivity index is 1.49. The normalized spacial score (nSPS) is 35.3. The van der Waals surface area contributed by atoms with E-state index in [0.29, 0.717) is 6.04 Å². The van der Waals surface area contributed by atoms with Crippen molar-refractivity contribution in [3.05, 3.63) is 35.9 Å². The van der Waals surface area contributed by atoms with Gasteiger partial charge in [-0.15, -0.1) is 0 Å². The third kappa shape index (κ3) is 2.44. The van der Waals surface area contributed by atoms with E-state index < -0.39 is 0 Å². The van der Waals surface area contributed by atoms with Crippen LogP contribution in [0.25, 0.3) is 0 Å². The predicted molar refractivity (Wildman–Crippen MR) is 78.0 cm³/mol. The lowest BCUT2D eigenvalue weighted by Gasteiger charge is -2.34. The molecule has 3 fully saturated rings. The van der Waals surface area contributed by atoms with Crippen molar-refractivity contribution in [3.63, 3.8) is 0 Å². The molecule has 4 unspecified atom stereocenters. The number of nitrogens with zero attached hydrogens (tertiary/aromatic N) is 1. The predicted octanol–water partition coefficient (Wildman–Crippen LogP) is 2.82. The van der Waals surface area contributed by atoms with Crippen molar-refractivity contribution in [2.24, 2.45) is 11.8 Å². The summed E-state index contributed by atoms with van der Waals surface area (Å²) in [6, 6.07) is 12.5. The number of benzene rings is 1. The van der Waals surface area contributed by atoms with Crippen LogP contribution >= 0.6 is 0 Å². The van der Waals surface area contributed by atoms with E-state index in [0.717, 1.165) is 17.9 Å². The van der Waals surface area contributed by atoms with Crippen LogP contribution in [0, 0.1) is 11.8 Å². The van der Waals surface area contributed by atoms with E-state index in [2.05, 4.69) is 40.5 Å². The maximum Gasteiger partial charge on any atom is 0.0351 e. The molecule has 1 aromatic carbocycles. The van der Waals surface area contributed by atoms with Crippen LogP contribution in [0.1, 0.15) is 37.3 Å². The van der Waals surface area contributed by atoms with Gasteiger partial charge in [-0.3, -0.25) is 0 Å². The Labute approximate surface area is 116 Å². The second kappa shape index (κ2) is 4.92. The molecule has 2 nitrogen and oxygen atoms in total. The minimum absolute atomic E-state index is 0.610. The summed E-state index contributed by atoms with van der Waals surface area (Å²) in [5.41, 5.74) is 1.51. The minimum atomic E-state index is 0.610. The van der Waals surface area contributed by atoms with E-state index in [1.165, 1.54) is 50.9 Å². The van der Waals surface area contributed by atoms with Crippen molar-refractivity contribution in [2.75, 3.05) is 19.6 Å². The number of rotatable bonds is 4. The van der Waals surface area contributed by atoms with Gasteiger partial charge in [-0.05, 0) is 56.2 Å². The first kappa shape index (κ1) is 11.9. The summed E-state index contributed by atoms with van der Waals surface area (Å²) in [5, 5.41) is 4.04. The van der Waals surface area contributed by atoms with Gasteiger partial charge in [0.1, 0.15) is 0 Å². The molecule has 2 heteroatoms. The van der Waals surface area contributed by atoms with Crippen LogP contribution in [0.2, 0.25) is 0 Å². The van der Waals surface area contributed by atoms with Crippen molar-refractivity contribution >= 4 is 0 Å². The molecule has 0 radical (unpaired) electrons. The quantitative estimate of drug-likeness (QED) is 0.891. The van der Waals surface area contributed by atoms with Crippen LogP contribution in [-0.2, 0) is 0 Å². The number of fused-ring (bicyclic) bond motifs is 2. The first-order valence-corrected chi connectivity index (χ1v) is 7.93. The zero-order valence-electron chi connectivity index (χ0n) is 11.6. The molecule has 4 rings (SSSR count). The van der Waals surface area contributed by atoms with Gasteiger partial charge in [0.05, 0.1) is 0 Å². The molecule has 4 atom stereocenters. The molecular formula is C17H24N2. The van der Waals surface area contributed by atoms with Gasteiger partial charge in [0, 0.05) is 18.6 Å². The number of piperidine rings is 1. The summed E-state index contributed by atoms with van der Waals surface area (Å²) in [5.74, 6) is 1.79. The van der Waals surface area contributed by atoms with E-state index in [-0.39, 0.29) is 0 Å². The van der Waals surface area contributed by atoms with Crippen LogP contribution in [0.3, 0.4) is 0 Å². The standard InChI is InChI=1S/C17H24N2/c1-2-4-13(5-3-1)17(14-6-7-14)18-16-9-11-19-10-8-15(16)12-19/h1-5,14-18H,6-12H2. The van der Waals surface area contributed by atoms with Crippen molar-refractivity contribution in [2.45, 2.75) is 37.8 Å². The highest BCUT2D eigenvalue weighted by molar-refractivity contribution is 5.21. The van der Waals surface area contributed by atoms with Gasteiger partial charge in [0.2, 0.25) is 0 Å². The Morgan fingerprint density at radius 2 is 1.79 bits per heavy atom. The van der Waals surface area contributed by atoms with Gasteiger partial charge < -0.3 is 10.2 Å². The van der Waals surface area contributed by atoms with E-state index in [4.69, 9.17) is 0 Å². The molecule has 1 aromatic rings. The number of nitrogens with one attached hydrogen (secondary N) is 1. The maximum atomic E-state index is 4.04. The summed E-state index contributed by atoms with van der Waals surface area (Å²) in [4.78, 5) is 2.64. The molecule has 2 saturated heterocycles. The van der Waals surface area contributed by atoms with E-state index in [1.807, 2.05) is 0 Å². The summed E-state index contributed by atoms with van der Waals surface area (Å²) in [7, 11) is 0. The van der Waals surface area contributed by atoms with Crippen molar-refractivity contribution < 1.29 is 0 Å². The van der Waals surface area contributed by atoms with Crippen LogP contribution in [0.5, 0.6) is 0 Å². The average molecular weight is 256 g/mol. The Bertz CT molecular complexity index is 426. The van der Waals surface area contributed by atoms with Gasteiger partial charge in [-0.1, -0.05) is 30.3 Å². The van der Waals surface area contributed by atoms with Crippen LogP contribution in [-0.4, -0.2) is 30.6 Å². The van der Waals surface area contributed by atoms with Crippen LogP contribution in [0.4, 0.5) is 0 Å². The van der Waals surface area contributed by atoms with Crippen LogP contribution < -0.4 is 5.32 Å². The highest BCUT2D eigenvalue weighted by Crippen LogP contribution is 2.42. The molecule has 2 aliphatic heterocycles. The van der Waals surface area contributed by atoms with Gasteiger partial charge in [-0.25, -0.2) is 0 Å². The van der Waals surface area contributed by atoms with Crippen molar-refractivity contribution in [1.82, 2.24) is 10.2 Å². The Kier molecular flexibility index (Phi) is 3.08. The fraction of sp³-hybridized carbons (Fsp3) is 0.647. The lowest BCUT2D eigenvalue weighted by molar-refractivity contribution is 0.205. The summed E-state index contributed by atoms with van der Waals surface area (Å²) < 4.78 is 0. The average Bonchev–Trinajstić information content (AvgIpc) is 3.23. The largest absolute Gasteiger partial charge is 0.307 e. The highest BCUT2D eigenvalue weighted by atomic mass is 15.2. The van der Waals surface area contributed by atoms with Crippen LogP contribution in [0.15, 0.2) is 30.3 Å². The van der Waals surface area contributed by atoms with E-state index in [9.17, 15) is 0 Å². The monoisotopic (exact) mass is 256 g/mol. The van der Waals surface area contributed by atoms with Gasteiger partial charge in [-0.2, -0.15) is 0 Å². The lowest BCUT2D eigenvalue weighted by Crippen LogP contribution is -2.45. The molecule has 102 valence electrons. The second-order valence-electron chi connectivity index (χ2n) is 6.64. The van der Waals surface area contributed by atoms with Gasteiger partial charge in [0.15, 0.2) is 0 Å². The molecule has 0 spiro atoms. The third-order valence-electron chi connectivity index (χ3n) is 5.28. The third-order valence-corrected chi connectivity index (χ3v) is 5.28. The molecular weight excluding hydrogens is 232 g/mol. The molecule has 3 aliphatic rings. The molecule has 0 amide bonds. The lowest BCUT2D eigenvalue weighted by atomic mass is 9.91. The van der Waals surface area contributed by atoms with E-state index >= 15 is 0 Å².